The topological polar surface area (TPSA) is 542 Å². The van der Waals surface area contributed by atoms with Crippen LogP contribution < -0.4 is 55.3 Å². The quantitative estimate of drug-likeness (QED) is 0.0226. The molecule has 32 heteroatoms. The standard InChI is InChI=1S/C38H56N10O19S3/c1-48(2)19-9-20(68-10-16(27(52)24(42)36(62)63)45-21(49)6-3-13(39)33(56)57)30(55)32(70-12-18(29(54)26(44)38(66)67)47-23(51)8-5-15(41)35(60)61)31(19)69-11-17(28(53)25(43)37(64)65)46-22(50)7-4-14(40)34(58)59/h9,13-18,24-26,55H,3-8,10-12,39-44H2,1-2H3,(H,45,49)(H,46,50)(H,47,51)(H,56,57)(H,58,59)(H,60,61)(H,62,63)(H,64,65)(H,66,67)/t13-,14-,15-,16-,17-,18-,24?,25?,26?/m0/s1. The minimum Gasteiger partial charge on any atom is -0.506 e. The predicted octanol–water partition coefficient (Wildman–Crippen LogP) is -5.29. The zero-order chi connectivity index (χ0) is 53.9. The summed E-state index contributed by atoms with van der Waals surface area (Å²) in [5, 5.41) is 74.8. The molecule has 0 aliphatic heterocycles. The average Bonchev–Trinajstić information content (AvgIpc) is 3.29. The molecule has 1 rings (SSSR count). The molecule has 0 aliphatic carbocycles. The number of amides is 3. The molecule has 70 heavy (non-hydrogen) atoms. The molecule has 3 unspecified atom stereocenters. The van der Waals surface area contributed by atoms with Gasteiger partial charge in [0.25, 0.3) is 0 Å². The van der Waals surface area contributed by atoms with Gasteiger partial charge in [0.1, 0.15) is 23.9 Å². The minimum atomic E-state index is -2.24. The molecule has 9 atom stereocenters. The highest BCUT2D eigenvalue weighted by atomic mass is 32.2. The summed E-state index contributed by atoms with van der Waals surface area (Å²) in [5.41, 5.74) is 33.4. The van der Waals surface area contributed by atoms with Crippen molar-refractivity contribution < 1.29 is 93.3 Å². The number of rotatable bonds is 34. The highest BCUT2D eigenvalue weighted by molar-refractivity contribution is 8.02. The van der Waals surface area contributed by atoms with Crippen LogP contribution in [0.2, 0.25) is 0 Å². The summed E-state index contributed by atoms with van der Waals surface area (Å²) in [6, 6.07) is -15.1. The maximum Gasteiger partial charge on any atom is 0.328 e. The molecule has 0 spiro atoms. The summed E-state index contributed by atoms with van der Waals surface area (Å²) < 4.78 is 0. The number of nitrogens with two attached hydrogens (primary N) is 6. The summed E-state index contributed by atoms with van der Waals surface area (Å²) in [5.74, 6) is -18.9. The van der Waals surface area contributed by atoms with Crippen LogP contribution in [0.3, 0.4) is 0 Å². The Morgan fingerprint density at radius 2 is 0.771 bits per heavy atom. The number of aliphatic carboxylic acids is 6. The second kappa shape index (κ2) is 29.1. The highest BCUT2D eigenvalue weighted by Gasteiger charge is 2.36. The van der Waals surface area contributed by atoms with Crippen molar-refractivity contribution in [2.24, 2.45) is 34.4 Å². The lowest BCUT2D eigenvalue weighted by Gasteiger charge is -2.26. The van der Waals surface area contributed by atoms with E-state index in [9.17, 15) is 78.0 Å². The largest absolute Gasteiger partial charge is 0.506 e. The summed E-state index contributed by atoms with van der Waals surface area (Å²) in [6.07, 6.45) is -2.92. The fourth-order valence-corrected chi connectivity index (χ4v) is 9.15. The molecular formula is C38H56N10O19S3. The molecule has 0 radical (unpaired) electrons. The normalized spacial score (nSPS) is 15.0. The van der Waals surface area contributed by atoms with Gasteiger partial charge >= 0.3 is 35.8 Å². The molecule has 0 heterocycles. The van der Waals surface area contributed by atoms with Crippen molar-refractivity contribution in [2.75, 3.05) is 36.3 Å². The van der Waals surface area contributed by atoms with Crippen molar-refractivity contribution >= 4 is 112 Å². The van der Waals surface area contributed by atoms with E-state index in [4.69, 9.17) is 49.7 Å². The number of aromatic hydroxyl groups is 1. The van der Waals surface area contributed by atoms with Crippen LogP contribution in [0.5, 0.6) is 5.75 Å². The van der Waals surface area contributed by atoms with Gasteiger partial charge in [-0.1, -0.05) is 0 Å². The molecule has 22 N–H and O–H groups in total. The molecule has 0 saturated carbocycles. The van der Waals surface area contributed by atoms with Crippen molar-refractivity contribution in [3.63, 3.8) is 0 Å². The highest BCUT2D eigenvalue weighted by Crippen LogP contribution is 2.49. The number of Topliss-reactive ketones (excluding diaryl/α,β-unsaturated/α-hetero) is 3. The average molecular weight is 1050 g/mol. The molecule has 0 saturated heterocycles. The number of benzene rings is 1. The summed E-state index contributed by atoms with van der Waals surface area (Å²) in [4.78, 5) is 149. The van der Waals surface area contributed by atoms with E-state index in [0.29, 0.717) is 35.3 Å². The van der Waals surface area contributed by atoms with Crippen LogP contribution in [0.15, 0.2) is 20.8 Å². The Hall–Kier alpha value is -6.13. The van der Waals surface area contributed by atoms with Gasteiger partial charge in [0.2, 0.25) is 17.7 Å². The number of carboxylic acids is 6. The Balaban J connectivity index is 4.07. The zero-order valence-electron chi connectivity index (χ0n) is 37.3. The lowest BCUT2D eigenvalue weighted by atomic mass is 10.1. The van der Waals surface area contributed by atoms with Crippen molar-refractivity contribution in [1.29, 1.82) is 0 Å². The molecular weight excluding hydrogens is 997 g/mol. The van der Waals surface area contributed by atoms with Gasteiger partial charge in [-0.15, -0.1) is 35.3 Å². The molecule has 1 aromatic rings. The number of anilines is 1. The first-order chi connectivity index (χ1) is 32.4. The number of carbonyl (C=O) groups is 12. The van der Waals surface area contributed by atoms with Gasteiger partial charge in [0, 0.05) is 55.5 Å². The van der Waals surface area contributed by atoms with E-state index in [0.717, 1.165) is 0 Å². The van der Waals surface area contributed by atoms with Crippen LogP contribution in [0, 0.1) is 0 Å². The molecule has 0 fully saturated rings. The molecule has 390 valence electrons. The number of hydrogen-bond donors (Lipinski definition) is 16. The number of carboxylic acid groups (broad SMARTS) is 6. The fraction of sp³-hybridized carbons (Fsp3) is 0.526. The SMILES string of the molecule is CN(C)c1cc(SC[C@H](NC(=O)CC[C@H](N)C(=O)O)C(=O)C(N)C(=O)O)c(O)c(SC[C@H](NC(=O)CC[C@H](N)C(=O)O)C(=O)C(N)C(=O)O)c1SC[C@H](NC(=O)CC[C@H](N)C(=O)O)C(=O)C(N)C(=O)O. The first-order valence-corrected chi connectivity index (χ1v) is 23.2. The molecule has 0 aromatic heterocycles. The molecule has 0 bridgehead atoms. The number of phenolic OH excluding ortho intramolecular Hbond substituents is 1. The monoisotopic (exact) mass is 1050 g/mol. The molecule has 1 aromatic carbocycles. The third-order valence-corrected chi connectivity index (χ3v) is 13.2. The number of carbonyl (C=O) groups excluding carboxylic acids is 6. The van der Waals surface area contributed by atoms with E-state index in [-0.39, 0.29) is 20.4 Å². The van der Waals surface area contributed by atoms with Gasteiger partial charge in [0.05, 0.1) is 33.6 Å². The van der Waals surface area contributed by atoms with Gasteiger partial charge < -0.3 is 91.0 Å². The van der Waals surface area contributed by atoms with Gasteiger partial charge in [-0.25, -0.2) is 0 Å². The van der Waals surface area contributed by atoms with Gasteiger partial charge in [0.15, 0.2) is 35.5 Å². The molecule has 0 aliphatic rings. The Kier molecular flexibility index (Phi) is 25.8. The number of phenols is 1. The van der Waals surface area contributed by atoms with Crippen LogP contribution in [0.1, 0.15) is 38.5 Å². The lowest BCUT2D eigenvalue weighted by Crippen LogP contribution is -2.52. The van der Waals surface area contributed by atoms with Crippen molar-refractivity contribution in [1.82, 2.24) is 16.0 Å². The second-order valence-corrected chi connectivity index (χ2v) is 18.3. The number of thioether (sulfide) groups is 3. The van der Waals surface area contributed by atoms with Crippen LogP contribution in [0.25, 0.3) is 0 Å². The van der Waals surface area contributed by atoms with E-state index in [1.165, 1.54) is 25.1 Å². The second-order valence-electron chi connectivity index (χ2n) is 15.2. The van der Waals surface area contributed by atoms with E-state index < -0.39 is 187 Å². The molecule has 3 amide bonds. The van der Waals surface area contributed by atoms with E-state index in [1.807, 2.05) is 0 Å². The minimum absolute atomic E-state index is 0.0169. The van der Waals surface area contributed by atoms with Gasteiger partial charge in [-0.05, 0) is 25.3 Å². The van der Waals surface area contributed by atoms with Gasteiger partial charge in [-0.2, -0.15) is 0 Å². The van der Waals surface area contributed by atoms with E-state index >= 15 is 0 Å². The number of nitrogens with one attached hydrogen (secondary N) is 3. The summed E-state index contributed by atoms with van der Waals surface area (Å²) in [7, 11) is 2.94. The van der Waals surface area contributed by atoms with Crippen LogP contribution in [0.4, 0.5) is 5.69 Å². The van der Waals surface area contributed by atoms with Crippen molar-refractivity contribution in [3.8, 4) is 5.75 Å². The van der Waals surface area contributed by atoms with Crippen molar-refractivity contribution in [3.05, 3.63) is 6.07 Å². The zero-order valence-corrected chi connectivity index (χ0v) is 39.8. The van der Waals surface area contributed by atoms with Gasteiger partial charge in [-0.3, -0.25) is 57.5 Å². The number of hydrogen-bond acceptors (Lipinski definition) is 23. The predicted molar refractivity (Wildman–Crippen MR) is 247 cm³/mol. The van der Waals surface area contributed by atoms with Crippen LogP contribution in [-0.2, 0) is 57.5 Å². The number of nitrogens with zero attached hydrogens (tertiary/aromatic N) is 1. The molecule has 29 nitrogen and oxygen atoms in total. The third kappa shape index (κ3) is 19.7. The van der Waals surface area contributed by atoms with Crippen LogP contribution in [-0.4, -0.2) is 192 Å². The maximum atomic E-state index is 13.4. The Morgan fingerprint density at radius 1 is 0.486 bits per heavy atom. The Morgan fingerprint density at radius 3 is 1.04 bits per heavy atom. The summed E-state index contributed by atoms with van der Waals surface area (Å²) in [6.45, 7) is 0. The maximum absolute atomic E-state index is 13.4. The first kappa shape index (κ1) is 61.9. The lowest BCUT2D eigenvalue weighted by molar-refractivity contribution is -0.144. The summed E-state index contributed by atoms with van der Waals surface area (Å²) >= 11 is 1.86. The Labute approximate surface area is 409 Å². The van der Waals surface area contributed by atoms with E-state index in [2.05, 4.69) is 16.0 Å². The number of ketones is 3. The third-order valence-electron chi connectivity index (χ3n) is 9.58. The fourth-order valence-electron chi connectivity index (χ4n) is 5.45. The smallest absolute Gasteiger partial charge is 0.328 e. The van der Waals surface area contributed by atoms with Crippen molar-refractivity contribution in [2.45, 2.75) is 108 Å². The Bertz CT molecular complexity index is 2170. The van der Waals surface area contributed by atoms with E-state index in [1.54, 1.807) is 0 Å². The first-order valence-electron chi connectivity index (χ1n) is 20.3. The van der Waals surface area contributed by atoms with Crippen LogP contribution >= 0.6 is 35.3 Å².